The molecule has 10 nitrogen and oxygen atoms in total. The molecule has 0 bridgehead atoms. The standard InChI is InChI=1S/C31H39N3O7S/c1-6-19-32-31(36)27(7-2)33(21-23-13-15-24(39-3)16-14-23)30(35)22-34(42(37,38)26-11-9-8-10-12-26)28-20-25(40-4)17-18-29(28)41-5/h8-18,20,27H,6-7,19,21-22H2,1-5H3,(H,32,36)/t27-/m1/s1. The van der Waals surface area contributed by atoms with Crippen molar-refractivity contribution >= 4 is 27.5 Å². The molecule has 42 heavy (non-hydrogen) atoms. The summed E-state index contributed by atoms with van der Waals surface area (Å²) < 4.78 is 45.3. The molecule has 0 aromatic heterocycles. The average Bonchev–Trinajstić information content (AvgIpc) is 3.02. The Morgan fingerprint density at radius 2 is 1.50 bits per heavy atom. The Bertz CT molecular complexity index is 1430. The maximum atomic E-state index is 14.2. The first-order valence-electron chi connectivity index (χ1n) is 13.7. The van der Waals surface area contributed by atoms with Crippen LogP contribution < -0.4 is 23.8 Å². The molecular weight excluding hydrogens is 558 g/mol. The van der Waals surface area contributed by atoms with E-state index < -0.39 is 28.5 Å². The Hall–Kier alpha value is -4.25. The first-order valence-corrected chi connectivity index (χ1v) is 15.1. The van der Waals surface area contributed by atoms with Gasteiger partial charge in [0.25, 0.3) is 10.0 Å². The fraction of sp³-hybridized carbons (Fsp3) is 0.355. The number of methoxy groups -OCH3 is 3. The molecule has 3 aromatic rings. The zero-order chi connectivity index (χ0) is 30.7. The lowest BCUT2D eigenvalue weighted by Gasteiger charge is -2.33. The SMILES string of the molecule is CCCNC(=O)[C@@H](CC)N(Cc1ccc(OC)cc1)C(=O)CN(c1cc(OC)ccc1OC)S(=O)(=O)c1ccccc1. The normalized spacial score (nSPS) is 11.7. The van der Waals surface area contributed by atoms with E-state index in [2.05, 4.69) is 5.32 Å². The molecule has 1 N–H and O–H groups in total. The second-order valence-electron chi connectivity index (χ2n) is 9.45. The van der Waals surface area contributed by atoms with Crippen LogP contribution in [0.1, 0.15) is 32.3 Å². The largest absolute Gasteiger partial charge is 0.497 e. The van der Waals surface area contributed by atoms with E-state index in [4.69, 9.17) is 14.2 Å². The van der Waals surface area contributed by atoms with Gasteiger partial charge in [0.1, 0.15) is 29.8 Å². The van der Waals surface area contributed by atoms with Gasteiger partial charge in [-0.3, -0.25) is 13.9 Å². The molecule has 0 heterocycles. The Labute approximate surface area is 248 Å². The smallest absolute Gasteiger partial charge is 0.264 e. The van der Waals surface area contributed by atoms with Crippen molar-refractivity contribution in [2.75, 3.05) is 38.7 Å². The van der Waals surface area contributed by atoms with Crippen LogP contribution in [-0.2, 0) is 26.2 Å². The van der Waals surface area contributed by atoms with Gasteiger partial charge in [-0.1, -0.05) is 44.2 Å². The molecule has 1 atom stereocenters. The molecule has 2 amide bonds. The molecule has 0 saturated heterocycles. The van der Waals surface area contributed by atoms with Gasteiger partial charge in [-0.2, -0.15) is 0 Å². The minimum atomic E-state index is -4.26. The maximum absolute atomic E-state index is 14.2. The summed E-state index contributed by atoms with van der Waals surface area (Å²) in [5, 5.41) is 2.88. The number of amides is 2. The lowest BCUT2D eigenvalue weighted by Crippen LogP contribution is -2.52. The fourth-order valence-corrected chi connectivity index (χ4v) is 5.88. The highest BCUT2D eigenvalue weighted by atomic mass is 32.2. The third-order valence-corrected chi connectivity index (χ3v) is 8.49. The molecule has 0 spiro atoms. The molecule has 0 unspecified atom stereocenters. The summed E-state index contributed by atoms with van der Waals surface area (Å²) in [6.07, 6.45) is 1.05. The van der Waals surface area contributed by atoms with Gasteiger partial charge in [0.15, 0.2) is 0 Å². The molecule has 0 saturated carbocycles. The first kappa shape index (κ1) is 32.3. The van der Waals surface area contributed by atoms with E-state index in [1.807, 2.05) is 13.8 Å². The number of benzene rings is 3. The minimum absolute atomic E-state index is 0.00268. The predicted molar refractivity (Wildman–Crippen MR) is 161 cm³/mol. The summed E-state index contributed by atoms with van der Waals surface area (Å²) in [5.41, 5.74) is 0.879. The summed E-state index contributed by atoms with van der Waals surface area (Å²) in [5.74, 6) is 0.394. The number of rotatable bonds is 15. The van der Waals surface area contributed by atoms with Crippen molar-refractivity contribution in [1.82, 2.24) is 10.2 Å². The van der Waals surface area contributed by atoms with E-state index in [0.29, 0.717) is 24.5 Å². The van der Waals surface area contributed by atoms with Crippen LogP contribution in [0.3, 0.4) is 0 Å². The molecule has 3 rings (SSSR count). The number of hydrogen-bond acceptors (Lipinski definition) is 7. The summed E-state index contributed by atoms with van der Waals surface area (Å²) in [7, 11) is 0.185. The molecule has 3 aromatic carbocycles. The molecular formula is C31H39N3O7S. The Kier molecular flexibility index (Phi) is 11.6. The Morgan fingerprint density at radius 3 is 2.07 bits per heavy atom. The van der Waals surface area contributed by atoms with Crippen LogP contribution in [-0.4, -0.2) is 65.6 Å². The van der Waals surface area contributed by atoms with Crippen molar-refractivity contribution in [2.24, 2.45) is 0 Å². The lowest BCUT2D eigenvalue weighted by atomic mass is 10.1. The number of nitrogens with zero attached hydrogens (tertiary/aromatic N) is 2. The van der Waals surface area contributed by atoms with E-state index in [9.17, 15) is 18.0 Å². The van der Waals surface area contributed by atoms with Crippen LogP contribution >= 0.6 is 0 Å². The lowest BCUT2D eigenvalue weighted by molar-refractivity contribution is -0.140. The topological polar surface area (TPSA) is 114 Å². The third-order valence-electron chi connectivity index (χ3n) is 6.71. The van der Waals surface area contributed by atoms with Gasteiger partial charge in [-0.15, -0.1) is 0 Å². The van der Waals surface area contributed by atoms with Crippen molar-refractivity contribution in [3.8, 4) is 17.2 Å². The number of ether oxygens (including phenoxy) is 3. The van der Waals surface area contributed by atoms with Gasteiger partial charge in [-0.25, -0.2) is 8.42 Å². The molecule has 0 aliphatic carbocycles. The van der Waals surface area contributed by atoms with E-state index in [0.717, 1.165) is 16.3 Å². The van der Waals surface area contributed by atoms with Gasteiger partial charge in [0.05, 0.1) is 31.9 Å². The molecule has 0 aliphatic heterocycles. The number of nitrogens with one attached hydrogen (secondary N) is 1. The highest BCUT2D eigenvalue weighted by Gasteiger charge is 2.35. The van der Waals surface area contributed by atoms with E-state index >= 15 is 0 Å². The van der Waals surface area contributed by atoms with Crippen molar-refractivity contribution in [1.29, 1.82) is 0 Å². The molecule has 11 heteroatoms. The van der Waals surface area contributed by atoms with Crippen LogP contribution in [0.15, 0.2) is 77.7 Å². The fourth-order valence-electron chi connectivity index (χ4n) is 4.44. The molecule has 0 aliphatic rings. The number of carbonyl (C=O) groups is 2. The van der Waals surface area contributed by atoms with Gasteiger partial charge < -0.3 is 24.4 Å². The quantitative estimate of drug-likeness (QED) is 0.279. The monoisotopic (exact) mass is 597 g/mol. The molecule has 226 valence electrons. The van der Waals surface area contributed by atoms with Gasteiger partial charge >= 0.3 is 0 Å². The summed E-state index contributed by atoms with van der Waals surface area (Å²) in [6, 6.07) is 18.9. The maximum Gasteiger partial charge on any atom is 0.264 e. The zero-order valence-corrected chi connectivity index (χ0v) is 25.5. The van der Waals surface area contributed by atoms with Crippen LogP contribution in [0.2, 0.25) is 0 Å². The molecule has 0 radical (unpaired) electrons. The van der Waals surface area contributed by atoms with Crippen LogP contribution in [0, 0.1) is 0 Å². The number of hydrogen-bond donors (Lipinski definition) is 1. The van der Waals surface area contributed by atoms with Gasteiger partial charge in [-0.05, 0) is 54.8 Å². The second kappa shape index (κ2) is 15.1. The molecule has 0 fully saturated rings. The average molecular weight is 598 g/mol. The van der Waals surface area contributed by atoms with Crippen molar-refractivity contribution in [3.05, 3.63) is 78.4 Å². The van der Waals surface area contributed by atoms with Crippen LogP contribution in [0.5, 0.6) is 17.2 Å². The zero-order valence-electron chi connectivity index (χ0n) is 24.7. The van der Waals surface area contributed by atoms with Gasteiger partial charge in [0.2, 0.25) is 11.8 Å². The van der Waals surface area contributed by atoms with Crippen LogP contribution in [0.4, 0.5) is 5.69 Å². The van der Waals surface area contributed by atoms with E-state index in [-0.39, 0.29) is 28.8 Å². The second-order valence-corrected chi connectivity index (χ2v) is 11.3. The van der Waals surface area contributed by atoms with Crippen molar-refractivity contribution in [2.45, 2.75) is 44.2 Å². The van der Waals surface area contributed by atoms with Crippen LogP contribution in [0.25, 0.3) is 0 Å². The number of anilines is 1. The predicted octanol–water partition coefficient (Wildman–Crippen LogP) is 4.24. The van der Waals surface area contributed by atoms with E-state index in [1.165, 1.54) is 37.3 Å². The highest BCUT2D eigenvalue weighted by Crippen LogP contribution is 2.36. The highest BCUT2D eigenvalue weighted by molar-refractivity contribution is 7.92. The Balaban J connectivity index is 2.12. The first-order chi connectivity index (χ1) is 20.2. The van der Waals surface area contributed by atoms with Crippen molar-refractivity contribution < 1.29 is 32.2 Å². The summed E-state index contributed by atoms with van der Waals surface area (Å²) in [6.45, 7) is 3.70. The summed E-state index contributed by atoms with van der Waals surface area (Å²) in [4.78, 5) is 28.9. The number of sulfonamides is 1. The van der Waals surface area contributed by atoms with Crippen molar-refractivity contribution in [3.63, 3.8) is 0 Å². The Morgan fingerprint density at radius 1 is 0.857 bits per heavy atom. The third kappa shape index (κ3) is 7.73. The minimum Gasteiger partial charge on any atom is -0.497 e. The van der Waals surface area contributed by atoms with Gasteiger partial charge in [0, 0.05) is 19.2 Å². The van der Waals surface area contributed by atoms with E-state index in [1.54, 1.807) is 61.7 Å². The summed E-state index contributed by atoms with van der Waals surface area (Å²) >= 11 is 0. The number of carbonyl (C=O) groups excluding carboxylic acids is 2.